The van der Waals surface area contributed by atoms with Crippen LogP contribution >= 0.6 is 0 Å². The van der Waals surface area contributed by atoms with Gasteiger partial charge in [-0.05, 0) is 0 Å². The van der Waals surface area contributed by atoms with E-state index in [-0.39, 0.29) is 12.5 Å². The van der Waals surface area contributed by atoms with Crippen molar-refractivity contribution in [1.29, 1.82) is 0 Å². The first-order chi connectivity index (χ1) is 4.83. The Morgan fingerprint density at radius 3 is 2.18 bits per heavy atom. The van der Waals surface area contributed by atoms with Crippen LogP contribution in [-0.2, 0) is 4.79 Å². The summed E-state index contributed by atoms with van der Waals surface area (Å²) < 4.78 is 34.6. The molecule has 0 atom stereocenters. The van der Waals surface area contributed by atoms with Crippen LogP contribution < -0.4 is 0 Å². The lowest BCUT2D eigenvalue weighted by atomic mass is 10.4. The molecule has 0 bridgehead atoms. The molecular weight excluding hydrogens is 159 g/mol. The van der Waals surface area contributed by atoms with Crippen molar-refractivity contribution in [2.45, 2.75) is 19.5 Å². The van der Waals surface area contributed by atoms with Gasteiger partial charge in [0.2, 0.25) is 5.91 Å². The quantitative estimate of drug-likeness (QED) is 0.612. The van der Waals surface area contributed by atoms with E-state index in [1.54, 1.807) is 0 Å². The van der Waals surface area contributed by atoms with Gasteiger partial charge in [0.1, 0.15) is 0 Å². The monoisotopic (exact) mass is 169 g/mol. The van der Waals surface area contributed by atoms with Gasteiger partial charge in [-0.25, -0.2) is 0 Å². The lowest BCUT2D eigenvalue weighted by Gasteiger charge is -2.15. The van der Waals surface area contributed by atoms with E-state index in [0.29, 0.717) is 0 Å². The molecule has 0 N–H and O–H groups in total. The minimum Gasteiger partial charge on any atom is -0.346 e. The van der Waals surface area contributed by atoms with Gasteiger partial charge >= 0.3 is 6.18 Å². The predicted molar refractivity (Wildman–Crippen MR) is 34.0 cm³/mol. The molecule has 0 radical (unpaired) electrons. The van der Waals surface area contributed by atoms with Crippen LogP contribution in [0.5, 0.6) is 0 Å². The molecule has 1 amide bonds. The van der Waals surface area contributed by atoms with Gasteiger partial charge in [-0.3, -0.25) is 4.79 Å². The molecule has 0 saturated heterocycles. The number of rotatable bonds is 2. The van der Waals surface area contributed by atoms with E-state index in [1.165, 1.54) is 14.0 Å². The number of nitrogens with zero attached hydrogens (tertiary/aromatic N) is 1. The van der Waals surface area contributed by atoms with E-state index >= 15 is 0 Å². The fourth-order valence-corrected chi connectivity index (χ4v) is 0.452. The van der Waals surface area contributed by atoms with Gasteiger partial charge < -0.3 is 4.90 Å². The molecule has 0 heterocycles. The molecule has 0 aliphatic heterocycles. The number of carbonyl (C=O) groups excluding carboxylic acids is 1. The number of halogens is 3. The molecule has 2 nitrogen and oxygen atoms in total. The Hall–Kier alpha value is -0.740. The van der Waals surface area contributed by atoms with Crippen LogP contribution in [0.25, 0.3) is 0 Å². The van der Waals surface area contributed by atoms with Crippen molar-refractivity contribution in [2.75, 3.05) is 13.6 Å². The second kappa shape index (κ2) is 3.59. The van der Waals surface area contributed by atoms with Crippen LogP contribution in [-0.4, -0.2) is 30.6 Å². The number of hydrogen-bond donors (Lipinski definition) is 0. The second-order valence-electron chi connectivity index (χ2n) is 2.31. The first kappa shape index (κ1) is 10.3. The smallest absolute Gasteiger partial charge is 0.346 e. The number of hydrogen-bond acceptors (Lipinski definition) is 1. The summed E-state index contributed by atoms with van der Waals surface area (Å²) in [5.41, 5.74) is 0. The number of carbonyl (C=O) groups is 1. The largest absolute Gasteiger partial charge is 0.390 e. The van der Waals surface area contributed by atoms with Crippen molar-refractivity contribution in [3.63, 3.8) is 0 Å². The van der Waals surface area contributed by atoms with Crippen LogP contribution in [0.2, 0.25) is 0 Å². The molecule has 0 aliphatic rings. The van der Waals surface area contributed by atoms with Crippen LogP contribution in [0.3, 0.4) is 0 Å². The Bertz CT molecular complexity index is 143. The Kier molecular flexibility index (Phi) is 3.35. The van der Waals surface area contributed by atoms with Crippen molar-refractivity contribution >= 4 is 5.91 Å². The standard InChI is InChI=1S/C6H10F3NO/c1-5(11)10(2)4-3-6(7,8)9/h3-4H2,1-2H3. The van der Waals surface area contributed by atoms with Gasteiger partial charge in [0, 0.05) is 20.5 Å². The van der Waals surface area contributed by atoms with E-state index < -0.39 is 12.6 Å². The van der Waals surface area contributed by atoms with Gasteiger partial charge in [0.15, 0.2) is 0 Å². The third-order valence-electron chi connectivity index (χ3n) is 1.27. The SMILES string of the molecule is CC(=O)N(C)CCC(F)(F)F. The van der Waals surface area contributed by atoms with Crippen LogP contribution in [0.15, 0.2) is 0 Å². The van der Waals surface area contributed by atoms with Crippen molar-refractivity contribution in [1.82, 2.24) is 4.90 Å². The molecule has 0 unspecified atom stereocenters. The summed E-state index contributed by atoms with van der Waals surface area (Å²) in [4.78, 5) is 11.5. The van der Waals surface area contributed by atoms with Crippen molar-refractivity contribution in [3.05, 3.63) is 0 Å². The molecule has 0 aromatic heterocycles. The zero-order valence-electron chi connectivity index (χ0n) is 6.40. The summed E-state index contributed by atoms with van der Waals surface area (Å²) in [5, 5.41) is 0. The van der Waals surface area contributed by atoms with Crippen molar-refractivity contribution in [3.8, 4) is 0 Å². The van der Waals surface area contributed by atoms with Crippen LogP contribution in [0.4, 0.5) is 13.2 Å². The molecule has 0 aromatic carbocycles. The van der Waals surface area contributed by atoms with E-state index in [9.17, 15) is 18.0 Å². The predicted octanol–water partition coefficient (Wildman–Crippen LogP) is 1.42. The number of alkyl halides is 3. The van der Waals surface area contributed by atoms with Gasteiger partial charge in [-0.1, -0.05) is 0 Å². The Labute approximate surface area is 63.0 Å². The fourth-order valence-electron chi connectivity index (χ4n) is 0.452. The lowest BCUT2D eigenvalue weighted by Crippen LogP contribution is -2.28. The summed E-state index contributed by atoms with van der Waals surface area (Å²) in [6.45, 7) is 0.967. The fraction of sp³-hybridized carbons (Fsp3) is 0.833. The Morgan fingerprint density at radius 1 is 1.45 bits per heavy atom. The molecule has 0 rings (SSSR count). The highest BCUT2D eigenvalue weighted by atomic mass is 19.4. The third-order valence-corrected chi connectivity index (χ3v) is 1.27. The summed E-state index contributed by atoms with van der Waals surface area (Å²) in [6, 6.07) is 0. The van der Waals surface area contributed by atoms with E-state index in [0.717, 1.165) is 4.90 Å². The molecule has 0 spiro atoms. The first-order valence-electron chi connectivity index (χ1n) is 3.11. The topological polar surface area (TPSA) is 20.3 Å². The normalized spacial score (nSPS) is 11.4. The highest BCUT2D eigenvalue weighted by Gasteiger charge is 2.27. The molecule has 11 heavy (non-hydrogen) atoms. The minimum atomic E-state index is -4.18. The molecule has 0 saturated carbocycles. The van der Waals surface area contributed by atoms with Gasteiger partial charge in [0.25, 0.3) is 0 Å². The molecule has 0 aromatic rings. The maximum atomic E-state index is 11.5. The summed E-state index contributed by atoms with van der Waals surface area (Å²) in [7, 11) is 1.34. The molecule has 0 fully saturated rings. The first-order valence-corrected chi connectivity index (χ1v) is 3.11. The average Bonchev–Trinajstić information content (AvgIpc) is 1.80. The van der Waals surface area contributed by atoms with Gasteiger partial charge in [-0.2, -0.15) is 13.2 Å². The minimum absolute atomic E-state index is 0.265. The van der Waals surface area contributed by atoms with Crippen LogP contribution in [0, 0.1) is 0 Å². The zero-order chi connectivity index (χ0) is 9.07. The zero-order valence-corrected chi connectivity index (χ0v) is 6.40. The highest BCUT2D eigenvalue weighted by molar-refractivity contribution is 5.72. The van der Waals surface area contributed by atoms with Gasteiger partial charge in [-0.15, -0.1) is 0 Å². The third kappa shape index (κ3) is 5.69. The molecule has 0 aliphatic carbocycles. The molecular formula is C6H10F3NO. The van der Waals surface area contributed by atoms with Crippen LogP contribution in [0.1, 0.15) is 13.3 Å². The second-order valence-corrected chi connectivity index (χ2v) is 2.31. The van der Waals surface area contributed by atoms with E-state index in [2.05, 4.69) is 0 Å². The van der Waals surface area contributed by atoms with E-state index in [4.69, 9.17) is 0 Å². The van der Waals surface area contributed by atoms with Gasteiger partial charge in [0.05, 0.1) is 6.42 Å². The lowest BCUT2D eigenvalue weighted by molar-refractivity contribution is -0.143. The molecule has 5 heteroatoms. The van der Waals surface area contributed by atoms with E-state index in [1.807, 2.05) is 0 Å². The summed E-state index contributed by atoms with van der Waals surface area (Å²) in [5.74, 6) is -0.353. The van der Waals surface area contributed by atoms with Crippen molar-refractivity contribution < 1.29 is 18.0 Å². The Morgan fingerprint density at radius 2 is 1.91 bits per heavy atom. The van der Waals surface area contributed by atoms with Crippen molar-refractivity contribution in [2.24, 2.45) is 0 Å². The average molecular weight is 169 g/mol. The Balaban J connectivity index is 3.63. The summed E-state index contributed by atoms with van der Waals surface area (Å²) in [6.07, 6.45) is -5.12. The molecule has 66 valence electrons. The number of amides is 1. The highest BCUT2D eigenvalue weighted by Crippen LogP contribution is 2.19. The maximum Gasteiger partial charge on any atom is 0.390 e. The summed E-state index contributed by atoms with van der Waals surface area (Å²) >= 11 is 0. The maximum absolute atomic E-state index is 11.5.